The van der Waals surface area contributed by atoms with Gasteiger partial charge in [0.15, 0.2) is 0 Å². The number of nitrogens with two attached hydrogens (primary N) is 1. The minimum Gasteiger partial charge on any atom is -0.396 e. The Morgan fingerprint density at radius 1 is 1.39 bits per heavy atom. The standard InChI is InChI=1S/C11H12FN3O2.ClH/c12-7-2-1-6(5-8(7)13)14-9-3-4-10(16)15-11(9)17;/h1-2,5,9,14H,3-4,13H2,(H,15,16,17);1H. The fraction of sp³-hybridized carbons (Fsp3) is 0.273. The van der Waals surface area contributed by atoms with Crippen molar-refractivity contribution >= 4 is 35.6 Å². The number of hydrogen-bond acceptors (Lipinski definition) is 4. The van der Waals surface area contributed by atoms with Gasteiger partial charge in [-0.1, -0.05) is 0 Å². The number of piperidine rings is 1. The molecule has 18 heavy (non-hydrogen) atoms. The second-order valence-electron chi connectivity index (χ2n) is 3.88. The van der Waals surface area contributed by atoms with E-state index in [9.17, 15) is 14.0 Å². The van der Waals surface area contributed by atoms with Gasteiger partial charge < -0.3 is 11.1 Å². The van der Waals surface area contributed by atoms with E-state index in [-0.39, 0.29) is 29.9 Å². The third-order valence-corrected chi connectivity index (χ3v) is 2.58. The van der Waals surface area contributed by atoms with E-state index in [4.69, 9.17) is 5.73 Å². The van der Waals surface area contributed by atoms with Gasteiger partial charge in [-0.05, 0) is 24.6 Å². The van der Waals surface area contributed by atoms with Crippen LogP contribution in [0.15, 0.2) is 18.2 Å². The van der Waals surface area contributed by atoms with Gasteiger partial charge in [0, 0.05) is 12.1 Å². The number of halogens is 2. The summed E-state index contributed by atoms with van der Waals surface area (Å²) in [7, 11) is 0. The van der Waals surface area contributed by atoms with Crippen LogP contribution in [0.25, 0.3) is 0 Å². The predicted octanol–water partition coefficient (Wildman–Crippen LogP) is 1.05. The molecule has 1 saturated heterocycles. The van der Waals surface area contributed by atoms with Crippen LogP contribution in [-0.4, -0.2) is 17.9 Å². The molecular formula is C11H13ClFN3O2. The number of imide groups is 1. The fourth-order valence-corrected chi connectivity index (χ4v) is 1.67. The van der Waals surface area contributed by atoms with Gasteiger partial charge in [0.25, 0.3) is 0 Å². The summed E-state index contributed by atoms with van der Waals surface area (Å²) in [6, 6.07) is 3.65. The van der Waals surface area contributed by atoms with Gasteiger partial charge in [0.1, 0.15) is 11.9 Å². The van der Waals surface area contributed by atoms with E-state index in [0.717, 1.165) is 0 Å². The van der Waals surface area contributed by atoms with Gasteiger partial charge in [0.05, 0.1) is 5.69 Å². The van der Waals surface area contributed by atoms with Crippen LogP contribution in [0.5, 0.6) is 0 Å². The highest BCUT2D eigenvalue weighted by Gasteiger charge is 2.26. The second kappa shape index (κ2) is 5.68. The zero-order chi connectivity index (χ0) is 12.4. The summed E-state index contributed by atoms with van der Waals surface area (Å²) in [5, 5.41) is 5.14. The molecule has 7 heteroatoms. The van der Waals surface area contributed by atoms with Gasteiger partial charge in [-0.25, -0.2) is 4.39 Å². The highest BCUT2D eigenvalue weighted by molar-refractivity contribution is 6.01. The molecule has 5 nitrogen and oxygen atoms in total. The minimum atomic E-state index is -0.501. The maximum Gasteiger partial charge on any atom is 0.249 e. The van der Waals surface area contributed by atoms with Crippen molar-refractivity contribution < 1.29 is 14.0 Å². The second-order valence-corrected chi connectivity index (χ2v) is 3.88. The van der Waals surface area contributed by atoms with Crippen LogP contribution in [0.4, 0.5) is 15.8 Å². The molecule has 0 bridgehead atoms. The largest absolute Gasteiger partial charge is 0.396 e. The Hall–Kier alpha value is -1.82. The molecule has 2 rings (SSSR count). The summed E-state index contributed by atoms with van der Waals surface area (Å²) in [5.74, 6) is -1.14. The zero-order valence-corrected chi connectivity index (χ0v) is 10.2. The first kappa shape index (κ1) is 14.2. The topological polar surface area (TPSA) is 84.2 Å². The number of anilines is 2. The SMILES string of the molecule is Cl.Nc1cc(NC2CCC(=O)NC2=O)ccc1F. The first-order chi connectivity index (χ1) is 8.06. The number of hydrogen-bond donors (Lipinski definition) is 3. The van der Waals surface area contributed by atoms with E-state index in [1.807, 2.05) is 0 Å². The van der Waals surface area contributed by atoms with E-state index >= 15 is 0 Å². The maximum atomic E-state index is 12.9. The summed E-state index contributed by atoms with van der Waals surface area (Å²) in [5.41, 5.74) is 5.98. The lowest BCUT2D eigenvalue weighted by Crippen LogP contribution is -2.47. The number of amides is 2. The zero-order valence-electron chi connectivity index (χ0n) is 9.40. The van der Waals surface area contributed by atoms with E-state index in [1.165, 1.54) is 18.2 Å². The molecule has 1 aromatic carbocycles. The summed E-state index contributed by atoms with van der Waals surface area (Å²) < 4.78 is 12.9. The van der Waals surface area contributed by atoms with Gasteiger partial charge in [-0.15, -0.1) is 12.4 Å². The molecule has 1 atom stereocenters. The number of benzene rings is 1. The Bertz CT molecular complexity index is 481. The number of rotatable bonds is 2. The summed E-state index contributed by atoms with van der Waals surface area (Å²) >= 11 is 0. The quantitative estimate of drug-likeness (QED) is 0.555. The minimum absolute atomic E-state index is 0. The van der Waals surface area contributed by atoms with Crippen LogP contribution in [0.1, 0.15) is 12.8 Å². The lowest BCUT2D eigenvalue weighted by molar-refractivity contribution is -0.133. The Labute approximate surface area is 109 Å². The molecule has 1 unspecified atom stereocenters. The van der Waals surface area contributed by atoms with Crippen molar-refractivity contribution in [3.05, 3.63) is 24.0 Å². The van der Waals surface area contributed by atoms with Crippen LogP contribution in [0.3, 0.4) is 0 Å². The smallest absolute Gasteiger partial charge is 0.249 e. The molecular weight excluding hydrogens is 261 g/mol. The molecule has 2 amide bonds. The molecule has 4 N–H and O–H groups in total. The van der Waals surface area contributed by atoms with Crippen LogP contribution in [-0.2, 0) is 9.59 Å². The highest BCUT2D eigenvalue weighted by Crippen LogP contribution is 2.19. The Morgan fingerprint density at radius 2 is 2.11 bits per heavy atom. The van der Waals surface area contributed by atoms with E-state index in [0.29, 0.717) is 18.5 Å². The van der Waals surface area contributed by atoms with Crippen LogP contribution in [0, 0.1) is 5.82 Å². The molecule has 0 aromatic heterocycles. The van der Waals surface area contributed by atoms with Crippen molar-refractivity contribution in [1.29, 1.82) is 0 Å². The number of nitrogen functional groups attached to an aromatic ring is 1. The van der Waals surface area contributed by atoms with Crippen molar-refractivity contribution in [3.8, 4) is 0 Å². The van der Waals surface area contributed by atoms with Crippen molar-refractivity contribution in [2.75, 3.05) is 11.1 Å². The molecule has 1 aliphatic heterocycles. The van der Waals surface area contributed by atoms with Crippen molar-refractivity contribution in [2.24, 2.45) is 0 Å². The van der Waals surface area contributed by atoms with Crippen LogP contribution >= 0.6 is 12.4 Å². The molecule has 0 saturated carbocycles. The number of carbonyl (C=O) groups excluding carboxylic acids is 2. The number of carbonyl (C=O) groups is 2. The van der Waals surface area contributed by atoms with Crippen molar-refractivity contribution in [2.45, 2.75) is 18.9 Å². The molecule has 1 fully saturated rings. The molecule has 1 aromatic rings. The third-order valence-electron chi connectivity index (χ3n) is 2.58. The lowest BCUT2D eigenvalue weighted by Gasteiger charge is -2.22. The summed E-state index contributed by atoms with van der Waals surface area (Å²) in [6.45, 7) is 0. The summed E-state index contributed by atoms with van der Waals surface area (Å²) in [4.78, 5) is 22.4. The molecule has 1 heterocycles. The summed E-state index contributed by atoms with van der Waals surface area (Å²) in [6.07, 6.45) is 0.710. The van der Waals surface area contributed by atoms with Gasteiger partial charge >= 0.3 is 0 Å². The van der Waals surface area contributed by atoms with E-state index in [2.05, 4.69) is 10.6 Å². The van der Waals surface area contributed by atoms with Crippen LogP contribution < -0.4 is 16.4 Å². The monoisotopic (exact) mass is 273 g/mol. The van der Waals surface area contributed by atoms with E-state index in [1.54, 1.807) is 0 Å². The average Bonchev–Trinajstić information content (AvgIpc) is 2.27. The van der Waals surface area contributed by atoms with Gasteiger partial charge in [-0.3, -0.25) is 14.9 Å². The first-order valence-electron chi connectivity index (χ1n) is 5.21. The molecule has 0 spiro atoms. The van der Waals surface area contributed by atoms with Gasteiger partial charge in [0.2, 0.25) is 11.8 Å². The first-order valence-corrected chi connectivity index (χ1v) is 5.21. The van der Waals surface area contributed by atoms with E-state index < -0.39 is 11.9 Å². The fourth-order valence-electron chi connectivity index (χ4n) is 1.67. The van der Waals surface area contributed by atoms with Crippen LogP contribution in [0.2, 0.25) is 0 Å². The van der Waals surface area contributed by atoms with Crippen molar-refractivity contribution in [1.82, 2.24) is 5.32 Å². The normalized spacial score (nSPS) is 18.8. The Kier molecular flexibility index (Phi) is 4.49. The maximum absolute atomic E-state index is 12.9. The third kappa shape index (κ3) is 3.10. The number of nitrogens with one attached hydrogen (secondary N) is 2. The molecule has 0 aliphatic carbocycles. The Morgan fingerprint density at radius 3 is 2.72 bits per heavy atom. The average molecular weight is 274 g/mol. The highest BCUT2D eigenvalue weighted by atomic mass is 35.5. The van der Waals surface area contributed by atoms with Gasteiger partial charge in [-0.2, -0.15) is 0 Å². The Balaban J connectivity index is 0.00000162. The molecule has 1 aliphatic rings. The lowest BCUT2D eigenvalue weighted by atomic mass is 10.1. The molecule has 0 radical (unpaired) electrons. The molecule has 98 valence electrons. The predicted molar refractivity (Wildman–Crippen MR) is 67.9 cm³/mol. The van der Waals surface area contributed by atoms with Crippen molar-refractivity contribution in [3.63, 3.8) is 0 Å².